The molecule has 94 valence electrons. The lowest BCUT2D eigenvalue weighted by atomic mass is 10.1. The number of pyridine rings is 1. The summed E-state index contributed by atoms with van der Waals surface area (Å²) in [5, 5.41) is 10.4. The van der Waals surface area contributed by atoms with Crippen molar-refractivity contribution in [2.45, 2.75) is 6.92 Å². The predicted octanol–water partition coefficient (Wildman–Crippen LogP) is 3.03. The summed E-state index contributed by atoms with van der Waals surface area (Å²) in [6.45, 7) is 1.83. The highest BCUT2D eigenvalue weighted by molar-refractivity contribution is 5.99. The second-order valence-electron chi connectivity index (χ2n) is 4.34. The van der Waals surface area contributed by atoms with Crippen molar-refractivity contribution in [3.63, 3.8) is 0 Å². The molecule has 0 amide bonds. The van der Waals surface area contributed by atoms with Crippen molar-refractivity contribution in [3.05, 3.63) is 60.0 Å². The molecule has 19 heavy (non-hydrogen) atoms. The van der Waals surface area contributed by atoms with E-state index < -0.39 is 5.97 Å². The molecule has 0 saturated heterocycles. The van der Waals surface area contributed by atoms with Crippen molar-refractivity contribution in [1.82, 2.24) is 9.55 Å². The molecular weight excluding hydrogens is 240 g/mol. The van der Waals surface area contributed by atoms with Crippen LogP contribution in [0.5, 0.6) is 0 Å². The maximum atomic E-state index is 11.5. The van der Waals surface area contributed by atoms with E-state index in [9.17, 15) is 9.90 Å². The standard InChI is InChI=1S/C15H12N2O2/c1-10-12-6-2-3-7-13(12)17(14(10)15(18)19)11-5-4-8-16-9-11/h2-9H,1H3,(H,18,19). The zero-order chi connectivity index (χ0) is 13.4. The summed E-state index contributed by atoms with van der Waals surface area (Å²) >= 11 is 0. The molecule has 0 aliphatic carbocycles. The fraction of sp³-hybridized carbons (Fsp3) is 0.0667. The molecule has 2 aromatic heterocycles. The average Bonchev–Trinajstić information content (AvgIpc) is 2.74. The van der Waals surface area contributed by atoms with Crippen molar-refractivity contribution in [1.29, 1.82) is 0 Å². The van der Waals surface area contributed by atoms with Crippen molar-refractivity contribution < 1.29 is 9.90 Å². The third kappa shape index (κ3) is 1.69. The first-order valence-electron chi connectivity index (χ1n) is 5.94. The van der Waals surface area contributed by atoms with E-state index in [1.807, 2.05) is 37.3 Å². The Hall–Kier alpha value is -2.62. The fourth-order valence-electron chi connectivity index (χ4n) is 2.41. The first kappa shape index (κ1) is 11.5. The maximum Gasteiger partial charge on any atom is 0.353 e. The lowest BCUT2D eigenvalue weighted by molar-refractivity contribution is 0.0688. The molecule has 0 fully saturated rings. The number of aryl methyl sites for hydroxylation is 1. The lowest BCUT2D eigenvalue weighted by Gasteiger charge is -2.07. The number of aromatic nitrogens is 2. The van der Waals surface area contributed by atoms with Crippen molar-refractivity contribution in [2.24, 2.45) is 0 Å². The van der Waals surface area contributed by atoms with Crippen molar-refractivity contribution >= 4 is 16.9 Å². The van der Waals surface area contributed by atoms with Crippen LogP contribution in [0.2, 0.25) is 0 Å². The van der Waals surface area contributed by atoms with E-state index in [0.29, 0.717) is 0 Å². The van der Waals surface area contributed by atoms with Crippen LogP contribution < -0.4 is 0 Å². The van der Waals surface area contributed by atoms with Crippen LogP contribution >= 0.6 is 0 Å². The van der Waals surface area contributed by atoms with Gasteiger partial charge in [-0.1, -0.05) is 18.2 Å². The van der Waals surface area contributed by atoms with E-state index in [-0.39, 0.29) is 5.69 Å². The Balaban J connectivity index is 2.46. The minimum Gasteiger partial charge on any atom is -0.477 e. The fourth-order valence-corrected chi connectivity index (χ4v) is 2.41. The Bertz CT molecular complexity index is 760. The van der Waals surface area contributed by atoms with Gasteiger partial charge in [-0.3, -0.25) is 4.98 Å². The molecule has 4 heteroatoms. The molecule has 3 aromatic rings. The molecule has 2 heterocycles. The average molecular weight is 252 g/mol. The summed E-state index contributed by atoms with van der Waals surface area (Å²) in [4.78, 5) is 15.6. The number of carboxylic acids is 1. The van der Waals surface area contributed by atoms with Gasteiger partial charge in [0.2, 0.25) is 0 Å². The number of carbonyl (C=O) groups is 1. The molecule has 4 nitrogen and oxygen atoms in total. The third-order valence-corrected chi connectivity index (χ3v) is 3.23. The Morgan fingerprint density at radius 1 is 1.21 bits per heavy atom. The number of hydrogen-bond donors (Lipinski definition) is 1. The van der Waals surface area contributed by atoms with Crippen molar-refractivity contribution in [2.75, 3.05) is 0 Å². The zero-order valence-corrected chi connectivity index (χ0v) is 10.4. The summed E-state index contributed by atoms with van der Waals surface area (Å²) in [5.41, 5.74) is 2.69. The SMILES string of the molecule is Cc1c(C(=O)O)n(-c2cccnc2)c2ccccc12. The van der Waals surface area contributed by atoms with Gasteiger partial charge in [-0.25, -0.2) is 4.79 Å². The maximum absolute atomic E-state index is 11.5. The van der Waals surface area contributed by atoms with E-state index in [1.165, 1.54) is 0 Å². The topological polar surface area (TPSA) is 55.1 Å². The van der Waals surface area contributed by atoms with Crippen LogP contribution in [0.15, 0.2) is 48.8 Å². The first-order valence-corrected chi connectivity index (χ1v) is 5.94. The molecular formula is C15H12N2O2. The number of carboxylic acid groups (broad SMARTS) is 1. The molecule has 0 radical (unpaired) electrons. The van der Waals surface area contributed by atoms with Gasteiger partial charge in [0.05, 0.1) is 17.4 Å². The van der Waals surface area contributed by atoms with E-state index in [0.717, 1.165) is 22.2 Å². The summed E-state index contributed by atoms with van der Waals surface area (Å²) < 4.78 is 1.74. The molecule has 3 rings (SSSR count). The lowest BCUT2D eigenvalue weighted by Crippen LogP contribution is -2.08. The van der Waals surface area contributed by atoms with Crippen LogP contribution in [0.3, 0.4) is 0 Å². The number of aromatic carboxylic acids is 1. The quantitative estimate of drug-likeness (QED) is 0.762. The minimum absolute atomic E-state index is 0.286. The molecule has 0 saturated carbocycles. The van der Waals surface area contributed by atoms with Gasteiger partial charge in [0.25, 0.3) is 0 Å². The highest BCUT2D eigenvalue weighted by Crippen LogP contribution is 2.28. The Morgan fingerprint density at radius 3 is 2.68 bits per heavy atom. The van der Waals surface area contributed by atoms with Gasteiger partial charge >= 0.3 is 5.97 Å². The highest BCUT2D eigenvalue weighted by atomic mass is 16.4. The van der Waals surface area contributed by atoms with Crippen LogP contribution in [-0.2, 0) is 0 Å². The second kappa shape index (κ2) is 4.24. The molecule has 1 N–H and O–H groups in total. The van der Waals surface area contributed by atoms with Gasteiger partial charge in [-0.15, -0.1) is 0 Å². The van der Waals surface area contributed by atoms with Gasteiger partial charge in [-0.2, -0.15) is 0 Å². The predicted molar refractivity (Wildman–Crippen MR) is 72.8 cm³/mol. The number of nitrogens with zero attached hydrogens (tertiary/aromatic N) is 2. The van der Waals surface area contributed by atoms with Crippen LogP contribution in [0.25, 0.3) is 16.6 Å². The van der Waals surface area contributed by atoms with Gasteiger partial charge in [0, 0.05) is 11.6 Å². The largest absolute Gasteiger partial charge is 0.477 e. The normalized spacial score (nSPS) is 10.8. The molecule has 0 unspecified atom stereocenters. The van der Waals surface area contributed by atoms with E-state index in [4.69, 9.17) is 0 Å². The molecule has 0 aliphatic rings. The zero-order valence-electron chi connectivity index (χ0n) is 10.4. The summed E-state index contributed by atoms with van der Waals surface area (Å²) in [5.74, 6) is -0.933. The summed E-state index contributed by atoms with van der Waals surface area (Å²) in [6.07, 6.45) is 3.33. The van der Waals surface area contributed by atoms with Gasteiger partial charge in [-0.05, 0) is 30.7 Å². The Morgan fingerprint density at radius 2 is 2.00 bits per heavy atom. The molecule has 0 atom stereocenters. The minimum atomic E-state index is -0.933. The number of rotatable bonds is 2. The van der Waals surface area contributed by atoms with Gasteiger partial charge < -0.3 is 9.67 Å². The van der Waals surface area contributed by atoms with E-state index >= 15 is 0 Å². The molecule has 0 spiro atoms. The number of hydrogen-bond acceptors (Lipinski definition) is 2. The number of benzene rings is 1. The van der Waals surface area contributed by atoms with Crippen LogP contribution in [0.4, 0.5) is 0 Å². The number of para-hydroxylation sites is 1. The molecule has 0 aliphatic heterocycles. The Labute approximate surface area is 109 Å². The Kier molecular flexibility index (Phi) is 2.56. The summed E-state index contributed by atoms with van der Waals surface area (Å²) in [6, 6.07) is 11.3. The van der Waals surface area contributed by atoms with Crippen LogP contribution in [-0.4, -0.2) is 20.6 Å². The second-order valence-corrected chi connectivity index (χ2v) is 4.34. The first-order chi connectivity index (χ1) is 9.20. The van der Waals surface area contributed by atoms with Gasteiger partial charge in [0.1, 0.15) is 5.69 Å². The number of fused-ring (bicyclic) bond motifs is 1. The smallest absolute Gasteiger partial charge is 0.353 e. The van der Waals surface area contributed by atoms with E-state index in [1.54, 1.807) is 23.0 Å². The summed E-state index contributed by atoms with van der Waals surface area (Å²) in [7, 11) is 0. The van der Waals surface area contributed by atoms with Crippen molar-refractivity contribution in [3.8, 4) is 5.69 Å². The highest BCUT2D eigenvalue weighted by Gasteiger charge is 2.20. The van der Waals surface area contributed by atoms with E-state index in [2.05, 4.69) is 4.98 Å². The molecule has 1 aromatic carbocycles. The molecule has 0 bridgehead atoms. The van der Waals surface area contributed by atoms with Crippen LogP contribution in [0.1, 0.15) is 16.1 Å². The van der Waals surface area contributed by atoms with Gasteiger partial charge in [0.15, 0.2) is 0 Å². The third-order valence-electron chi connectivity index (χ3n) is 3.23. The van der Waals surface area contributed by atoms with Crippen LogP contribution in [0, 0.1) is 6.92 Å². The monoisotopic (exact) mass is 252 g/mol.